The molecule has 1 aliphatic rings. The van der Waals surface area contributed by atoms with E-state index in [1.807, 2.05) is 0 Å². The highest BCUT2D eigenvalue weighted by molar-refractivity contribution is 5.34. The van der Waals surface area contributed by atoms with Crippen LogP contribution in [0.5, 0.6) is 0 Å². The van der Waals surface area contributed by atoms with Crippen LogP contribution in [0.3, 0.4) is 0 Å². The Hall–Kier alpha value is 0. The summed E-state index contributed by atoms with van der Waals surface area (Å²) in [6.07, 6.45) is 53.1. The van der Waals surface area contributed by atoms with Gasteiger partial charge in [0.2, 0.25) is 0 Å². The van der Waals surface area contributed by atoms with Crippen LogP contribution in [0, 0.1) is 21.7 Å². The summed E-state index contributed by atoms with van der Waals surface area (Å²) in [6.45, 7) is 19.6. The Morgan fingerprint density at radius 2 is 0.500 bits per heavy atom. The Bertz CT molecular complexity index is 697. The molecule has 0 nitrogen and oxygen atoms in total. The van der Waals surface area contributed by atoms with Gasteiger partial charge in [0.25, 0.3) is 0 Å². The smallest absolute Gasteiger partial charge is 0.0117 e. The van der Waals surface area contributed by atoms with Crippen molar-refractivity contribution < 1.29 is 0 Å². The van der Waals surface area contributed by atoms with Crippen LogP contribution >= 0.6 is 0 Å². The first kappa shape index (κ1) is 46.0. The van der Waals surface area contributed by atoms with Gasteiger partial charge in [-0.05, 0) is 73.0 Å². The van der Waals surface area contributed by atoms with Crippen molar-refractivity contribution in [2.24, 2.45) is 21.7 Å². The molecule has 0 aromatic rings. The Morgan fingerprint density at radius 3 is 0.938 bits per heavy atom. The molecule has 1 aliphatic carbocycles. The Labute approximate surface area is 307 Å². The van der Waals surface area contributed by atoms with Gasteiger partial charge in [-0.1, -0.05) is 235 Å². The third kappa shape index (κ3) is 12.6. The molecule has 1 fully saturated rings. The number of hydrogen-bond donors (Lipinski definition) is 0. The van der Waals surface area contributed by atoms with E-state index in [1.165, 1.54) is 180 Å². The highest BCUT2D eigenvalue weighted by Crippen LogP contribution is 2.93. The predicted octanol–water partition coefficient (Wildman–Crippen LogP) is 18.1. The molecule has 3 unspecified atom stereocenters. The van der Waals surface area contributed by atoms with Crippen LogP contribution < -0.4 is 0 Å². The molecule has 0 radical (unpaired) electrons. The molecule has 1 rings (SSSR count). The van der Waals surface area contributed by atoms with E-state index in [-0.39, 0.29) is 0 Å². The standard InChI is InChI=1S/C48H96/c1-9-17-25-28-29-35-43-47(42-33-23-15-7)46(40-31-21-13-5,41-32-22-14-6)48(47,44-36-27-19-11-3)45(37-24-16-8,38-30-20-12-4)39-34-26-18-10-2/h9-44H2,1-8H3. The SMILES string of the molecule is CCCCCCCCC1(CCCCC)C(CCCCC)(CCCCC)C1(CCCCCC)C(CCCC)(CCCCC)CCCCCC. The lowest BCUT2D eigenvalue weighted by atomic mass is 9.56. The lowest BCUT2D eigenvalue weighted by Gasteiger charge is -2.48. The summed E-state index contributed by atoms with van der Waals surface area (Å²) in [5.41, 5.74) is 2.33. The maximum absolute atomic E-state index is 2.51. The third-order valence-electron chi connectivity index (χ3n) is 14.2. The van der Waals surface area contributed by atoms with E-state index in [0.717, 1.165) is 0 Å². The summed E-state index contributed by atoms with van der Waals surface area (Å²) in [5, 5.41) is 0. The van der Waals surface area contributed by atoms with E-state index in [4.69, 9.17) is 0 Å². The highest BCUT2D eigenvalue weighted by atomic mass is 14.9. The molecule has 0 aromatic heterocycles. The predicted molar refractivity (Wildman–Crippen MR) is 221 cm³/mol. The second-order valence-corrected chi connectivity index (χ2v) is 17.4. The first-order chi connectivity index (χ1) is 23.5. The molecule has 0 spiro atoms. The van der Waals surface area contributed by atoms with Gasteiger partial charge in [0, 0.05) is 0 Å². The molecule has 48 heavy (non-hydrogen) atoms. The topological polar surface area (TPSA) is 0 Å². The lowest BCUT2D eigenvalue weighted by Crippen LogP contribution is -2.39. The van der Waals surface area contributed by atoms with Gasteiger partial charge < -0.3 is 0 Å². The van der Waals surface area contributed by atoms with Crippen LogP contribution in [0.25, 0.3) is 0 Å². The van der Waals surface area contributed by atoms with Gasteiger partial charge in [0.05, 0.1) is 0 Å². The first-order valence-corrected chi connectivity index (χ1v) is 23.5. The van der Waals surface area contributed by atoms with Crippen LogP contribution in [0.15, 0.2) is 0 Å². The molecular weight excluding hydrogens is 577 g/mol. The number of hydrogen-bond acceptors (Lipinski definition) is 0. The number of unbranched alkanes of at least 4 members (excludes halogenated alkanes) is 20. The Morgan fingerprint density at radius 1 is 0.250 bits per heavy atom. The van der Waals surface area contributed by atoms with E-state index >= 15 is 0 Å². The fraction of sp³-hybridized carbons (Fsp3) is 1.00. The van der Waals surface area contributed by atoms with Gasteiger partial charge in [-0.15, -0.1) is 0 Å². The molecular formula is C48H96. The zero-order chi connectivity index (χ0) is 35.5. The summed E-state index contributed by atoms with van der Waals surface area (Å²) in [7, 11) is 0. The first-order valence-electron chi connectivity index (χ1n) is 23.5. The molecule has 0 N–H and O–H groups in total. The number of rotatable bonds is 37. The third-order valence-corrected chi connectivity index (χ3v) is 14.2. The quantitative estimate of drug-likeness (QED) is 0.0576. The van der Waals surface area contributed by atoms with Gasteiger partial charge in [-0.3, -0.25) is 0 Å². The monoisotopic (exact) mass is 673 g/mol. The molecule has 0 heterocycles. The fourth-order valence-electron chi connectivity index (χ4n) is 11.9. The molecule has 0 aliphatic heterocycles. The highest BCUT2D eigenvalue weighted by Gasteiger charge is 2.86. The Kier molecular flexibility index (Phi) is 26.5. The van der Waals surface area contributed by atoms with Gasteiger partial charge in [0.15, 0.2) is 0 Å². The largest absolute Gasteiger partial charge is 0.0654 e. The van der Waals surface area contributed by atoms with Crippen LogP contribution in [0.2, 0.25) is 0 Å². The van der Waals surface area contributed by atoms with Crippen molar-refractivity contribution >= 4 is 0 Å². The van der Waals surface area contributed by atoms with Crippen molar-refractivity contribution in [2.75, 3.05) is 0 Å². The zero-order valence-corrected chi connectivity index (χ0v) is 35.5. The fourth-order valence-corrected chi connectivity index (χ4v) is 11.9. The molecule has 3 atom stereocenters. The zero-order valence-electron chi connectivity index (χ0n) is 35.5. The Balaban J connectivity index is 4.06. The normalized spacial score (nSPS) is 21.5. The van der Waals surface area contributed by atoms with Crippen molar-refractivity contribution in [3.8, 4) is 0 Å². The minimum atomic E-state index is 0.561. The lowest BCUT2D eigenvalue weighted by molar-refractivity contribution is 0.0125. The average Bonchev–Trinajstić information content (AvgIpc) is 3.58. The van der Waals surface area contributed by atoms with E-state index in [0.29, 0.717) is 21.7 Å². The summed E-state index contributed by atoms with van der Waals surface area (Å²) in [6, 6.07) is 0. The van der Waals surface area contributed by atoms with Crippen molar-refractivity contribution in [3.63, 3.8) is 0 Å². The van der Waals surface area contributed by atoms with E-state index < -0.39 is 0 Å². The van der Waals surface area contributed by atoms with E-state index in [9.17, 15) is 0 Å². The summed E-state index contributed by atoms with van der Waals surface area (Å²) in [4.78, 5) is 0. The van der Waals surface area contributed by atoms with Gasteiger partial charge in [0.1, 0.15) is 0 Å². The molecule has 0 bridgehead atoms. The van der Waals surface area contributed by atoms with Crippen LogP contribution in [0.1, 0.15) is 287 Å². The molecule has 0 aromatic carbocycles. The second kappa shape index (κ2) is 27.6. The minimum Gasteiger partial charge on any atom is -0.0654 e. The van der Waals surface area contributed by atoms with Gasteiger partial charge >= 0.3 is 0 Å². The van der Waals surface area contributed by atoms with E-state index in [1.54, 1.807) is 51.4 Å². The van der Waals surface area contributed by atoms with Gasteiger partial charge in [-0.25, -0.2) is 0 Å². The van der Waals surface area contributed by atoms with Gasteiger partial charge in [-0.2, -0.15) is 0 Å². The van der Waals surface area contributed by atoms with Crippen molar-refractivity contribution in [1.29, 1.82) is 0 Å². The van der Waals surface area contributed by atoms with Crippen molar-refractivity contribution in [1.82, 2.24) is 0 Å². The molecule has 1 saturated carbocycles. The second-order valence-electron chi connectivity index (χ2n) is 17.4. The molecule has 288 valence electrons. The van der Waals surface area contributed by atoms with Crippen LogP contribution in [-0.2, 0) is 0 Å². The molecule has 0 saturated heterocycles. The summed E-state index contributed by atoms with van der Waals surface area (Å²) in [5.74, 6) is 0. The average molecular weight is 673 g/mol. The van der Waals surface area contributed by atoms with Crippen molar-refractivity contribution in [2.45, 2.75) is 287 Å². The summed E-state index contributed by atoms with van der Waals surface area (Å²) >= 11 is 0. The van der Waals surface area contributed by atoms with Crippen molar-refractivity contribution in [3.05, 3.63) is 0 Å². The minimum absolute atomic E-state index is 0.561. The molecule has 0 amide bonds. The maximum Gasteiger partial charge on any atom is -0.0117 e. The van der Waals surface area contributed by atoms with Crippen LogP contribution in [-0.4, -0.2) is 0 Å². The van der Waals surface area contributed by atoms with Crippen LogP contribution in [0.4, 0.5) is 0 Å². The molecule has 0 heteroatoms. The maximum atomic E-state index is 2.51. The summed E-state index contributed by atoms with van der Waals surface area (Å²) < 4.78 is 0. The van der Waals surface area contributed by atoms with E-state index in [2.05, 4.69) is 55.4 Å².